The molecule has 0 aromatic carbocycles. The van der Waals surface area contributed by atoms with E-state index in [9.17, 15) is 4.79 Å². The molecule has 0 radical (unpaired) electrons. The van der Waals surface area contributed by atoms with Crippen LogP contribution in [0.25, 0.3) is 0 Å². The van der Waals surface area contributed by atoms with Crippen molar-refractivity contribution in [1.29, 1.82) is 0 Å². The Morgan fingerprint density at radius 2 is 2.16 bits per heavy atom. The Hall–Kier alpha value is -1.65. The van der Waals surface area contributed by atoms with Crippen LogP contribution in [0.1, 0.15) is 36.7 Å². The third-order valence-corrected chi connectivity index (χ3v) is 4.14. The minimum Gasteiger partial charge on any atom is -0.461 e. The molecule has 1 saturated carbocycles. The van der Waals surface area contributed by atoms with Gasteiger partial charge in [0.1, 0.15) is 0 Å². The van der Waals surface area contributed by atoms with Gasteiger partial charge in [0.25, 0.3) is 0 Å². The SMILES string of the molecule is CCOC(=O)c1ccnc(N2CC3CCCC3C2)n1. The fourth-order valence-electron chi connectivity index (χ4n) is 3.22. The zero-order chi connectivity index (χ0) is 13.2. The number of hydrogen-bond donors (Lipinski definition) is 0. The minimum atomic E-state index is -0.370. The highest BCUT2D eigenvalue weighted by molar-refractivity contribution is 5.87. The first kappa shape index (κ1) is 12.4. The highest BCUT2D eigenvalue weighted by Crippen LogP contribution is 2.38. The van der Waals surface area contributed by atoms with Crippen LogP contribution in [0.3, 0.4) is 0 Å². The second-order valence-corrected chi connectivity index (χ2v) is 5.32. The van der Waals surface area contributed by atoms with Gasteiger partial charge < -0.3 is 9.64 Å². The Bertz CT molecular complexity index is 466. The van der Waals surface area contributed by atoms with Crippen LogP contribution in [0.4, 0.5) is 5.95 Å². The lowest BCUT2D eigenvalue weighted by Gasteiger charge is -2.17. The second-order valence-electron chi connectivity index (χ2n) is 5.32. The molecule has 1 saturated heterocycles. The van der Waals surface area contributed by atoms with Crippen LogP contribution in [0, 0.1) is 11.8 Å². The number of nitrogens with zero attached hydrogens (tertiary/aromatic N) is 3. The molecular formula is C14H19N3O2. The van der Waals surface area contributed by atoms with Gasteiger partial charge >= 0.3 is 5.97 Å². The molecule has 2 heterocycles. The standard InChI is InChI=1S/C14H19N3O2/c1-2-19-13(18)12-6-7-15-14(16-12)17-8-10-4-3-5-11(10)9-17/h6-7,10-11H,2-5,8-9H2,1H3. The maximum atomic E-state index is 11.7. The average molecular weight is 261 g/mol. The molecule has 1 aromatic rings. The topological polar surface area (TPSA) is 55.3 Å². The van der Waals surface area contributed by atoms with E-state index in [-0.39, 0.29) is 5.97 Å². The summed E-state index contributed by atoms with van der Waals surface area (Å²) >= 11 is 0. The van der Waals surface area contributed by atoms with E-state index >= 15 is 0 Å². The van der Waals surface area contributed by atoms with E-state index in [2.05, 4.69) is 14.9 Å². The quantitative estimate of drug-likeness (QED) is 0.778. The largest absolute Gasteiger partial charge is 0.461 e. The summed E-state index contributed by atoms with van der Waals surface area (Å²) in [4.78, 5) is 22.5. The summed E-state index contributed by atoms with van der Waals surface area (Å²) in [5.41, 5.74) is 0.351. The summed E-state index contributed by atoms with van der Waals surface area (Å²) in [6.07, 6.45) is 5.63. The Kier molecular flexibility index (Phi) is 3.36. The van der Waals surface area contributed by atoms with Crippen LogP contribution in [0.2, 0.25) is 0 Å². The molecule has 0 N–H and O–H groups in total. The minimum absolute atomic E-state index is 0.351. The fourth-order valence-corrected chi connectivity index (χ4v) is 3.22. The number of carbonyl (C=O) groups excluding carboxylic acids is 1. The molecule has 2 atom stereocenters. The van der Waals surface area contributed by atoms with Gasteiger partial charge in [0.05, 0.1) is 6.61 Å². The third-order valence-electron chi connectivity index (χ3n) is 4.14. The van der Waals surface area contributed by atoms with Crippen LogP contribution in [-0.4, -0.2) is 35.6 Å². The van der Waals surface area contributed by atoms with Crippen molar-refractivity contribution < 1.29 is 9.53 Å². The summed E-state index contributed by atoms with van der Waals surface area (Å²) in [7, 11) is 0. The van der Waals surface area contributed by atoms with E-state index < -0.39 is 0 Å². The normalized spacial score (nSPS) is 25.4. The molecule has 2 fully saturated rings. The number of anilines is 1. The van der Waals surface area contributed by atoms with Gasteiger partial charge in [0.2, 0.25) is 5.95 Å². The first-order valence-electron chi connectivity index (χ1n) is 7.03. The van der Waals surface area contributed by atoms with E-state index in [4.69, 9.17) is 4.74 Å². The van der Waals surface area contributed by atoms with Crippen LogP contribution >= 0.6 is 0 Å². The van der Waals surface area contributed by atoms with Crippen molar-refractivity contribution in [1.82, 2.24) is 9.97 Å². The van der Waals surface area contributed by atoms with E-state index in [1.54, 1.807) is 19.2 Å². The Morgan fingerprint density at radius 3 is 2.84 bits per heavy atom. The summed E-state index contributed by atoms with van der Waals surface area (Å²) in [6, 6.07) is 1.61. The van der Waals surface area contributed by atoms with E-state index in [1.165, 1.54) is 19.3 Å². The van der Waals surface area contributed by atoms with E-state index in [0.717, 1.165) is 24.9 Å². The number of esters is 1. The smallest absolute Gasteiger partial charge is 0.357 e. The van der Waals surface area contributed by atoms with Crippen molar-refractivity contribution in [2.24, 2.45) is 11.8 Å². The van der Waals surface area contributed by atoms with Crippen molar-refractivity contribution in [3.05, 3.63) is 18.0 Å². The molecule has 19 heavy (non-hydrogen) atoms. The first-order chi connectivity index (χ1) is 9.28. The molecule has 2 aliphatic rings. The summed E-state index contributed by atoms with van der Waals surface area (Å²) in [5, 5.41) is 0. The molecule has 0 amide bonds. The second kappa shape index (κ2) is 5.15. The van der Waals surface area contributed by atoms with Crippen LogP contribution in [0.5, 0.6) is 0 Å². The number of aromatic nitrogens is 2. The van der Waals surface area contributed by atoms with Gasteiger partial charge in [0, 0.05) is 19.3 Å². The van der Waals surface area contributed by atoms with Crippen molar-refractivity contribution >= 4 is 11.9 Å². The number of rotatable bonds is 3. The highest BCUT2D eigenvalue weighted by atomic mass is 16.5. The lowest BCUT2D eigenvalue weighted by Crippen LogP contribution is -2.24. The Labute approximate surface area is 113 Å². The molecule has 2 unspecified atom stereocenters. The molecule has 1 aliphatic carbocycles. The maximum absolute atomic E-state index is 11.7. The van der Waals surface area contributed by atoms with Crippen molar-refractivity contribution in [3.63, 3.8) is 0 Å². The molecule has 0 spiro atoms. The number of hydrogen-bond acceptors (Lipinski definition) is 5. The molecular weight excluding hydrogens is 242 g/mol. The first-order valence-corrected chi connectivity index (χ1v) is 7.03. The average Bonchev–Trinajstić information content (AvgIpc) is 3.00. The zero-order valence-corrected chi connectivity index (χ0v) is 11.2. The maximum Gasteiger partial charge on any atom is 0.357 e. The monoisotopic (exact) mass is 261 g/mol. The van der Waals surface area contributed by atoms with Gasteiger partial charge in [0.15, 0.2) is 5.69 Å². The van der Waals surface area contributed by atoms with Crippen LogP contribution in [-0.2, 0) is 4.74 Å². The van der Waals surface area contributed by atoms with Crippen LogP contribution in [0.15, 0.2) is 12.3 Å². The van der Waals surface area contributed by atoms with Crippen molar-refractivity contribution in [3.8, 4) is 0 Å². The fraction of sp³-hybridized carbons (Fsp3) is 0.643. The van der Waals surface area contributed by atoms with Gasteiger partial charge in [-0.2, -0.15) is 0 Å². The molecule has 102 valence electrons. The van der Waals surface area contributed by atoms with Crippen molar-refractivity contribution in [2.45, 2.75) is 26.2 Å². The molecule has 1 aromatic heterocycles. The van der Waals surface area contributed by atoms with Gasteiger partial charge in [-0.25, -0.2) is 14.8 Å². The lowest BCUT2D eigenvalue weighted by atomic mass is 10.0. The molecule has 5 heteroatoms. The number of ether oxygens (including phenoxy) is 1. The van der Waals surface area contributed by atoms with Gasteiger partial charge in [-0.3, -0.25) is 0 Å². The Morgan fingerprint density at radius 1 is 1.42 bits per heavy atom. The number of fused-ring (bicyclic) bond motifs is 1. The zero-order valence-electron chi connectivity index (χ0n) is 11.2. The van der Waals surface area contributed by atoms with E-state index in [0.29, 0.717) is 18.2 Å². The summed E-state index contributed by atoms with van der Waals surface area (Å²) in [5.74, 6) is 1.87. The van der Waals surface area contributed by atoms with Gasteiger partial charge in [-0.1, -0.05) is 6.42 Å². The summed E-state index contributed by atoms with van der Waals surface area (Å²) in [6.45, 7) is 4.21. The third kappa shape index (κ3) is 2.41. The van der Waals surface area contributed by atoms with Gasteiger partial charge in [-0.15, -0.1) is 0 Å². The predicted octanol–water partition coefficient (Wildman–Crippen LogP) is 1.89. The lowest BCUT2D eigenvalue weighted by molar-refractivity contribution is 0.0519. The highest BCUT2D eigenvalue weighted by Gasteiger charge is 2.37. The molecule has 3 rings (SSSR count). The van der Waals surface area contributed by atoms with E-state index in [1.807, 2.05) is 0 Å². The number of carbonyl (C=O) groups is 1. The molecule has 0 bridgehead atoms. The molecule has 5 nitrogen and oxygen atoms in total. The Balaban J connectivity index is 1.75. The van der Waals surface area contributed by atoms with Crippen LogP contribution < -0.4 is 4.90 Å². The predicted molar refractivity (Wildman–Crippen MR) is 71.0 cm³/mol. The summed E-state index contributed by atoms with van der Waals surface area (Å²) < 4.78 is 4.97. The van der Waals surface area contributed by atoms with Crippen molar-refractivity contribution in [2.75, 3.05) is 24.6 Å². The van der Waals surface area contributed by atoms with Gasteiger partial charge in [-0.05, 0) is 37.7 Å². The molecule has 1 aliphatic heterocycles.